The molecule has 8 heteroatoms. The minimum absolute atomic E-state index is 0.0200. The van der Waals surface area contributed by atoms with Crippen molar-refractivity contribution < 1.29 is 9.53 Å². The van der Waals surface area contributed by atoms with Crippen LogP contribution in [0.3, 0.4) is 0 Å². The number of nitrogens with zero attached hydrogens (tertiary/aromatic N) is 5. The van der Waals surface area contributed by atoms with Gasteiger partial charge in [0.15, 0.2) is 11.6 Å². The molecular weight excluding hydrogens is 380 g/mol. The molecule has 30 heavy (non-hydrogen) atoms. The Morgan fingerprint density at radius 2 is 1.70 bits per heavy atom. The van der Waals surface area contributed by atoms with Gasteiger partial charge >= 0.3 is 0 Å². The maximum absolute atomic E-state index is 12.4. The Hall–Kier alpha value is -3.52. The zero-order chi connectivity index (χ0) is 20.6. The van der Waals surface area contributed by atoms with E-state index >= 15 is 0 Å². The molecule has 3 heterocycles. The second kappa shape index (κ2) is 9.80. The number of pyridine rings is 1. The molecule has 0 bridgehead atoms. The topological polar surface area (TPSA) is 83.5 Å². The van der Waals surface area contributed by atoms with Gasteiger partial charge in [-0.15, -0.1) is 10.2 Å². The lowest BCUT2D eigenvalue weighted by molar-refractivity contribution is -0.136. The number of amides is 1. The molecule has 1 fully saturated rings. The zero-order valence-corrected chi connectivity index (χ0v) is 16.6. The third kappa shape index (κ3) is 5.30. The maximum Gasteiger partial charge on any atom is 0.248 e. The molecule has 0 atom stereocenters. The van der Waals surface area contributed by atoms with Crippen molar-refractivity contribution in [2.45, 2.75) is 6.61 Å². The van der Waals surface area contributed by atoms with Crippen molar-refractivity contribution >= 4 is 23.4 Å². The molecule has 1 amide bonds. The fourth-order valence-electron chi connectivity index (χ4n) is 3.24. The summed E-state index contributed by atoms with van der Waals surface area (Å²) in [5.41, 5.74) is 1.06. The Bertz CT molecular complexity index is 929. The molecule has 8 nitrogen and oxygen atoms in total. The number of carbonyl (C=O) groups excluding carboxylic acids is 1. The van der Waals surface area contributed by atoms with Gasteiger partial charge in [-0.3, -0.25) is 4.79 Å². The van der Waals surface area contributed by atoms with Gasteiger partial charge < -0.3 is 19.9 Å². The van der Waals surface area contributed by atoms with Crippen LogP contribution in [-0.4, -0.2) is 58.8 Å². The first-order valence-electron chi connectivity index (χ1n) is 9.94. The molecule has 2 aromatic heterocycles. The summed E-state index contributed by atoms with van der Waals surface area (Å²) >= 11 is 0. The second-order valence-electron chi connectivity index (χ2n) is 6.96. The van der Waals surface area contributed by atoms with Crippen molar-refractivity contribution in [1.29, 1.82) is 0 Å². The van der Waals surface area contributed by atoms with Crippen molar-refractivity contribution in [3.63, 3.8) is 0 Å². The van der Waals surface area contributed by atoms with E-state index in [1.54, 1.807) is 6.20 Å². The smallest absolute Gasteiger partial charge is 0.248 e. The van der Waals surface area contributed by atoms with Crippen LogP contribution in [0.1, 0.15) is 5.56 Å². The second-order valence-corrected chi connectivity index (χ2v) is 6.96. The summed E-state index contributed by atoms with van der Waals surface area (Å²) in [5, 5.41) is 11.7. The fraction of sp³-hybridized carbons (Fsp3) is 0.273. The van der Waals surface area contributed by atoms with Crippen LogP contribution in [0.25, 0.3) is 0 Å². The molecule has 1 aromatic carbocycles. The highest BCUT2D eigenvalue weighted by atomic mass is 16.5. The highest BCUT2D eigenvalue weighted by Gasteiger charge is 2.22. The summed E-state index contributed by atoms with van der Waals surface area (Å²) in [5.74, 6) is 2.18. The van der Waals surface area contributed by atoms with E-state index in [0.717, 1.165) is 17.2 Å². The van der Waals surface area contributed by atoms with Gasteiger partial charge in [0, 0.05) is 32.4 Å². The Morgan fingerprint density at radius 3 is 2.40 bits per heavy atom. The summed E-state index contributed by atoms with van der Waals surface area (Å²) in [7, 11) is 0. The van der Waals surface area contributed by atoms with Crippen molar-refractivity contribution in [2.24, 2.45) is 0 Å². The number of rotatable bonds is 7. The molecule has 4 rings (SSSR count). The van der Waals surface area contributed by atoms with Gasteiger partial charge in [0.2, 0.25) is 5.91 Å². The molecular formula is C22H24N6O2. The molecule has 0 saturated carbocycles. The Morgan fingerprint density at radius 1 is 0.900 bits per heavy atom. The lowest BCUT2D eigenvalue weighted by Gasteiger charge is -2.35. The van der Waals surface area contributed by atoms with Crippen LogP contribution in [0, 0.1) is 0 Å². The quantitative estimate of drug-likeness (QED) is 0.648. The molecule has 1 N–H and O–H groups in total. The van der Waals surface area contributed by atoms with Crippen molar-refractivity contribution in [3.8, 4) is 0 Å². The van der Waals surface area contributed by atoms with Crippen LogP contribution in [0.2, 0.25) is 0 Å². The van der Waals surface area contributed by atoms with Gasteiger partial charge in [0.05, 0.1) is 6.61 Å². The monoisotopic (exact) mass is 404 g/mol. The van der Waals surface area contributed by atoms with Gasteiger partial charge in [-0.2, -0.15) is 0 Å². The number of ether oxygens (including phenoxy) is 1. The van der Waals surface area contributed by atoms with E-state index in [4.69, 9.17) is 4.74 Å². The number of anilines is 3. The average Bonchev–Trinajstić information content (AvgIpc) is 2.81. The van der Waals surface area contributed by atoms with Gasteiger partial charge in [0.1, 0.15) is 12.4 Å². The number of carbonyl (C=O) groups is 1. The minimum atomic E-state index is 0.0200. The third-order valence-electron chi connectivity index (χ3n) is 4.86. The Labute approximate surface area is 175 Å². The molecule has 1 saturated heterocycles. The van der Waals surface area contributed by atoms with Crippen LogP contribution in [0.5, 0.6) is 0 Å². The van der Waals surface area contributed by atoms with E-state index in [1.807, 2.05) is 65.6 Å². The van der Waals surface area contributed by atoms with E-state index < -0.39 is 0 Å². The molecule has 1 aliphatic rings. The average molecular weight is 404 g/mol. The molecule has 154 valence electrons. The number of benzene rings is 1. The maximum atomic E-state index is 12.4. The Balaban J connectivity index is 1.22. The van der Waals surface area contributed by atoms with Gasteiger partial charge in [-0.1, -0.05) is 36.4 Å². The molecule has 0 radical (unpaired) electrons. The largest absolute Gasteiger partial charge is 0.367 e. The number of hydrogen-bond acceptors (Lipinski definition) is 7. The molecule has 0 unspecified atom stereocenters. The first-order chi connectivity index (χ1) is 14.8. The van der Waals surface area contributed by atoms with Crippen molar-refractivity contribution in [1.82, 2.24) is 20.1 Å². The highest BCUT2D eigenvalue weighted by Crippen LogP contribution is 2.16. The summed E-state index contributed by atoms with van der Waals surface area (Å²) in [6, 6.07) is 19.3. The molecule has 0 spiro atoms. The van der Waals surface area contributed by atoms with Gasteiger partial charge in [0.25, 0.3) is 0 Å². The fourth-order valence-corrected chi connectivity index (χ4v) is 3.24. The highest BCUT2D eigenvalue weighted by molar-refractivity contribution is 5.77. The van der Waals surface area contributed by atoms with Gasteiger partial charge in [-0.05, 0) is 29.8 Å². The number of hydrogen-bond donors (Lipinski definition) is 1. The number of piperazine rings is 1. The minimum Gasteiger partial charge on any atom is -0.367 e. The molecule has 3 aromatic rings. The molecule has 1 aliphatic heterocycles. The standard InChI is InChI=1S/C22H24N6O2/c29-22(17-30-16-18-6-2-1-3-7-18)28-14-12-27(13-15-28)21-10-9-20(25-26-21)24-19-8-4-5-11-23-19/h1-11H,12-17H2,(H,23,24,25). The van der Waals surface area contributed by atoms with Gasteiger partial charge in [-0.25, -0.2) is 4.98 Å². The molecule has 0 aliphatic carbocycles. The third-order valence-corrected chi connectivity index (χ3v) is 4.86. The van der Waals surface area contributed by atoms with Crippen molar-refractivity contribution in [2.75, 3.05) is 43.0 Å². The first-order valence-corrected chi connectivity index (χ1v) is 9.94. The van der Waals surface area contributed by atoms with E-state index in [9.17, 15) is 4.79 Å². The normalized spacial score (nSPS) is 13.9. The SMILES string of the molecule is O=C(COCc1ccccc1)N1CCN(c2ccc(Nc3ccccn3)nn2)CC1. The van der Waals surface area contributed by atoms with Crippen LogP contribution in [0.4, 0.5) is 17.5 Å². The van der Waals surface area contributed by atoms with E-state index in [1.165, 1.54) is 0 Å². The summed E-state index contributed by atoms with van der Waals surface area (Å²) < 4.78 is 5.57. The lowest BCUT2D eigenvalue weighted by atomic mass is 10.2. The number of nitrogens with one attached hydrogen (secondary N) is 1. The summed E-state index contributed by atoms with van der Waals surface area (Å²) in [6.07, 6.45) is 1.72. The van der Waals surface area contributed by atoms with Crippen molar-refractivity contribution in [3.05, 3.63) is 72.4 Å². The summed E-state index contributed by atoms with van der Waals surface area (Å²) in [6.45, 7) is 3.26. The predicted octanol–water partition coefficient (Wildman–Crippen LogP) is 2.48. The van der Waals surface area contributed by atoms with Crippen LogP contribution < -0.4 is 10.2 Å². The van der Waals surface area contributed by atoms with Crippen LogP contribution in [0.15, 0.2) is 66.9 Å². The van der Waals surface area contributed by atoms with E-state index in [-0.39, 0.29) is 12.5 Å². The van der Waals surface area contributed by atoms with E-state index in [0.29, 0.717) is 38.6 Å². The van der Waals surface area contributed by atoms with Crippen LogP contribution in [-0.2, 0) is 16.1 Å². The zero-order valence-electron chi connectivity index (χ0n) is 16.6. The Kier molecular flexibility index (Phi) is 6.46. The lowest BCUT2D eigenvalue weighted by Crippen LogP contribution is -2.50. The van der Waals surface area contributed by atoms with E-state index in [2.05, 4.69) is 25.4 Å². The van der Waals surface area contributed by atoms with Crippen LogP contribution >= 0.6 is 0 Å². The summed E-state index contributed by atoms with van der Waals surface area (Å²) in [4.78, 5) is 20.6. The number of aromatic nitrogens is 3. The predicted molar refractivity (Wildman–Crippen MR) is 114 cm³/mol. The first kappa shape index (κ1) is 19.8.